The minimum absolute atomic E-state index is 0.183. The van der Waals surface area contributed by atoms with Crippen LogP contribution in [0.15, 0.2) is 30.4 Å². The molecule has 74 valence electrons. The van der Waals surface area contributed by atoms with Gasteiger partial charge in [0.15, 0.2) is 0 Å². The van der Waals surface area contributed by atoms with Crippen molar-refractivity contribution >= 4 is 23.2 Å². The lowest BCUT2D eigenvalue weighted by Gasteiger charge is -2.03. The zero-order chi connectivity index (χ0) is 10.6. The Hall–Kier alpha value is -1.35. The predicted molar refractivity (Wildman–Crippen MR) is 54.9 cm³/mol. The van der Waals surface area contributed by atoms with Gasteiger partial charge in [0, 0.05) is 0 Å². The molecule has 0 saturated heterocycles. The highest BCUT2D eigenvalue weighted by atomic mass is 35.5. The van der Waals surface area contributed by atoms with Gasteiger partial charge in [-0.2, -0.15) is 0 Å². The van der Waals surface area contributed by atoms with Gasteiger partial charge in [-0.15, -0.1) is 0 Å². The van der Waals surface area contributed by atoms with Crippen molar-refractivity contribution in [3.8, 4) is 0 Å². The van der Waals surface area contributed by atoms with E-state index in [0.717, 1.165) is 6.07 Å². The number of amides is 1. The van der Waals surface area contributed by atoms with Gasteiger partial charge in [0.05, 0.1) is 10.7 Å². The molecule has 0 spiro atoms. The molecule has 1 amide bonds. The molecule has 1 rings (SSSR count). The molecule has 4 heteroatoms. The largest absolute Gasteiger partial charge is 0.321 e. The summed E-state index contributed by atoms with van der Waals surface area (Å²) < 4.78 is 12.6. The lowest BCUT2D eigenvalue weighted by Crippen LogP contribution is -2.08. The zero-order valence-corrected chi connectivity index (χ0v) is 8.31. The molecule has 0 atom stereocenters. The molecule has 0 heterocycles. The fourth-order valence-corrected chi connectivity index (χ4v) is 1.13. The summed E-state index contributed by atoms with van der Waals surface area (Å²) in [7, 11) is 0. The van der Waals surface area contributed by atoms with Crippen LogP contribution in [0.4, 0.5) is 10.1 Å². The second-order valence-electron chi connectivity index (χ2n) is 2.61. The Balaban J connectivity index is 2.82. The minimum atomic E-state index is -0.431. The van der Waals surface area contributed by atoms with Gasteiger partial charge in [-0.05, 0) is 31.2 Å². The van der Waals surface area contributed by atoms with Gasteiger partial charge in [0.25, 0.3) is 0 Å². The number of hydrogen-bond donors (Lipinski definition) is 1. The first-order valence-corrected chi connectivity index (χ1v) is 4.40. The standard InChI is InChI=1S/C10H9ClFNO/c1-2-3-10(14)13-9-5-4-7(12)6-8(9)11/h2-6H,1H3,(H,13,14)/b3-2+. The highest BCUT2D eigenvalue weighted by Gasteiger charge is 2.03. The van der Waals surface area contributed by atoms with E-state index in [1.807, 2.05) is 0 Å². The lowest BCUT2D eigenvalue weighted by molar-refractivity contribution is -0.111. The normalized spacial score (nSPS) is 10.5. The smallest absolute Gasteiger partial charge is 0.248 e. The first kappa shape index (κ1) is 10.7. The van der Waals surface area contributed by atoms with E-state index in [0.29, 0.717) is 5.69 Å². The third-order valence-corrected chi connectivity index (χ3v) is 1.82. The van der Waals surface area contributed by atoms with Crippen LogP contribution >= 0.6 is 11.6 Å². The lowest BCUT2D eigenvalue weighted by atomic mass is 10.3. The summed E-state index contributed by atoms with van der Waals surface area (Å²) in [6.45, 7) is 1.73. The van der Waals surface area contributed by atoms with Gasteiger partial charge in [-0.1, -0.05) is 17.7 Å². The van der Waals surface area contributed by atoms with Gasteiger partial charge in [0.2, 0.25) is 5.91 Å². The van der Waals surface area contributed by atoms with Crippen molar-refractivity contribution in [1.82, 2.24) is 0 Å². The number of hydrogen-bond acceptors (Lipinski definition) is 1. The van der Waals surface area contributed by atoms with Crippen LogP contribution in [0.3, 0.4) is 0 Å². The third kappa shape index (κ3) is 2.85. The highest BCUT2D eigenvalue weighted by molar-refractivity contribution is 6.33. The molecule has 0 bridgehead atoms. The summed E-state index contributed by atoms with van der Waals surface area (Å²) in [5, 5.41) is 2.70. The molecule has 1 aromatic carbocycles. The maximum absolute atomic E-state index is 12.6. The molecule has 0 unspecified atom stereocenters. The Labute approximate surface area is 86.4 Å². The molecule has 1 aromatic rings. The van der Waals surface area contributed by atoms with E-state index in [2.05, 4.69) is 5.32 Å². The average Bonchev–Trinajstić information content (AvgIpc) is 2.10. The van der Waals surface area contributed by atoms with Gasteiger partial charge < -0.3 is 5.32 Å². The van der Waals surface area contributed by atoms with Crippen LogP contribution in [0.2, 0.25) is 5.02 Å². The molecular weight excluding hydrogens is 205 g/mol. The topological polar surface area (TPSA) is 29.1 Å². The number of halogens is 2. The van der Waals surface area contributed by atoms with E-state index in [9.17, 15) is 9.18 Å². The molecule has 0 aromatic heterocycles. The van der Waals surface area contributed by atoms with Crippen molar-refractivity contribution in [2.24, 2.45) is 0 Å². The average molecular weight is 214 g/mol. The Kier molecular flexibility index (Phi) is 3.65. The van der Waals surface area contributed by atoms with Crippen molar-refractivity contribution in [1.29, 1.82) is 0 Å². The predicted octanol–water partition coefficient (Wildman–Crippen LogP) is 2.99. The second kappa shape index (κ2) is 4.77. The minimum Gasteiger partial charge on any atom is -0.321 e. The number of carbonyl (C=O) groups excluding carboxylic acids is 1. The monoisotopic (exact) mass is 213 g/mol. The molecule has 0 aliphatic heterocycles. The number of anilines is 1. The van der Waals surface area contributed by atoms with Crippen molar-refractivity contribution in [3.05, 3.63) is 41.2 Å². The van der Waals surface area contributed by atoms with Crippen LogP contribution in [0.1, 0.15) is 6.92 Å². The van der Waals surface area contributed by atoms with Crippen LogP contribution in [0.25, 0.3) is 0 Å². The number of allylic oxidation sites excluding steroid dienone is 1. The van der Waals surface area contributed by atoms with Crippen LogP contribution in [-0.2, 0) is 4.79 Å². The number of carbonyl (C=O) groups is 1. The maximum atomic E-state index is 12.6. The fourth-order valence-electron chi connectivity index (χ4n) is 0.917. The molecule has 0 aliphatic carbocycles. The fraction of sp³-hybridized carbons (Fsp3) is 0.100. The maximum Gasteiger partial charge on any atom is 0.248 e. The molecule has 0 radical (unpaired) electrons. The van der Waals surface area contributed by atoms with Crippen molar-refractivity contribution < 1.29 is 9.18 Å². The summed E-state index contributed by atoms with van der Waals surface area (Å²) >= 11 is 5.69. The van der Waals surface area contributed by atoms with Crippen molar-refractivity contribution in [2.45, 2.75) is 6.92 Å². The molecule has 2 nitrogen and oxygen atoms in total. The summed E-state index contributed by atoms with van der Waals surface area (Å²) in [6, 6.07) is 3.79. The van der Waals surface area contributed by atoms with Gasteiger partial charge in [0.1, 0.15) is 5.82 Å². The highest BCUT2D eigenvalue weighted by Crippen LogP contribution is 2.22. The molecule has 1 N–H and O–H groups in total. The van der Waals surface area contributed by atoms with E-state index in [4.69, 9.17) is 11.6 Å². The molecule has 14 heavy (non-hydrogen) atoms. The van der Waals surface area contributed by atoms with E-state index in [1.165, 1.54) is 18.2 Å². The van der Waals surface area contributed by atoms with E-state index >= 15 is 0 Å². The van der Waals surface area contributed by atoms with Crippen LogP contribution < -0.4 is 5.32 Å². The van der Waals surface area contributed by atoms with Crippen LogP contribution in [0.5, 0.6) is 0 Å². The van der Waals surface area contributed by atoms with E-state index in [1.54, 1.807) is 13.0 Å². The first-order chi connectivity index (χ1) is 6.63. The third-order valence-electron chi connectivity index (χ3n) is 1.51. The van der Waals surface area contributed by atoms with Gasteiger partial charge in [-0.25, -0.2) is 4.39 Å². The Bertz CT molecular complexity index is 376. The molecular formula is C10H9ClFNO. The van der Waals surface area contributed by atoms with E-state index < -0.39 is 5.82 Å². The van der Waals surface area contributed by atoms with E-state index in [-0.39, 0.29) is 10.9 Å². The Morgan fingerprint density at radius 2 is 2.29 bits per heavy atom. The summed E-state index contributed by atoms with van der Waals surface area (Å²) in [6.07, 6.45) is 2.96. The van der Waals surface area contributed by atoms with Gasteiger partial charge in [-0.3, -0.25) is 4.79 Å². The summed E-state index contributed by atoms with van der Waals surface area (Å²) in [4.78, 5) is 11.1. The zero-order valence-electron chi connectivity index (χ0n) is 7.55. The second-order valence-corrected chi connectivity index (χ2v) is 3.02. The van der Waals surface area contributed by atoms with Gasteiger partial charge >= 0.3 is 0 Å². The molecule has 0 fully saturated rings. The summed E-state index contributed by atoms with van der Waals surface area (Å²) in [5.74, 6) is -0.722. The number of nitrogens with one attached hydrogen (secondary N) is 1. The first-order valence-electron chi connectivity index (χ1n) is 4.02. The number of benzene rings is 1. The number of rotatable bonds is 2. The Morgan fingerprint density at radius 1 is 1.57 bits per heavy atom. The van der Waals surface area contributed by atoms with Crippen LogP contribution in [-0.4, -0.2) is 5.91 Å². The van der Waals surface area contributed by atoms with Crippen LogP contribution in [0, 0.1) is 5.82 Å². The molecule has 0 aliphatic rings. The van der Waals surface area contributed by atoms with Crippen molar-refractivity contribution in [2.75, 3.05) is 5.32 Å². The molecule has 0 saturated carbocycles. The van der Waals surface area contributed by atoms with Crippen molar-refractivity contribution in [3.63, 3.8) is 0 Å². The SMILES string of the molecule is C/C=C/C(=O)Nc1ccc(F)cc1Cl. The summed E-state index contributed by atoms with van der Waals surface area (Å²) in [5.41, 5.74) is 0.399. The quantitative estimate of drug-likeness (QED) is 0.752. The Morgan fingerprint density at radius 3 is 2.86 bits per heavy atom.